The maximum atomic E-state index is 11.4. The highest BCUT2D eigenvalue weighted by molar-refractivity contribution is 5.97. The van der Waals surface area contributed by atoms with Crippen molar-refractivity contribution in [3.8, 4) is 0 Å². The standard InChI is InChI=1S/C12H17NO2/c1-9(15-2)6-10-4-3-5-11(7-10)12(14)8-13/h3-5,7,9H,6,8,13H2,1-2H3. The van der Waals surface area contributed by atoms with E-state index >= 15 is 0 Å². The summed E-state index contributed by atoms with van der Waals surface area (Å²) in [6, 6.07) is 7.53. The Labute approximate surface area is 90.2 Å². The Morgan fingerprint density at radius 3 is 2.87 bits per heavy atom. The summed E-state index contributed by atoms with van der Waals surface area (Å²) in [5.74, 6) is -0.0260. The Bertz CT molecular complexity index is 336. The molecule has 0 radical (unpaired) electrons. The van der Waals surface area contributed by atoms with Gasteiger partial charge < -0.3 is 10.5 Å². The summed E-state index contributed by atoms with van der Waals surface area (Å²) in [6.45, 7) is 2.06. The molecule has 2 N–H and O–H groups in total. The van der Waals surface area contributed by atoms with Crippen LogP contribution in [0.1, 0.15) is 22.8 Å². The molecule has 0 saturated heterocycles. The van der Waals surface area contributed by atoms with E-state index in [1.165, 1.54) is 0 Å². The van der Waals surface area contributed by atoms with Crippen LogP contribution < -0.4 is 5.73 Å². The lowest BCUT2D eigenvalue weighted by Crippen LogP contribution is -2.14. The highest BCUT2D eigenvalue weighted by Gasteiger charge is 2.06. The van der Waals surface area contributed by atoms with Crippen LogP contribution in [0, 0.1) is 0 Å². The van der Waals surface area contributed by atoms with E-state index in [0.717, 1.165) is 12.0 Å². The normalized spacial score (nSPS) is 12.5. The Kier molecular flexibility index (Phi) is 4.46. The molecule has 15 heavy (non-hydrogen) atoms. The van der Waals surface area contributed by atoms with Crippen molar-refractivity contribution in [2.45, 2.75) is 19.4 Å². The predicted molar refractivity (Wildman–Crippen MR) is 60.0 cm³/mol. The minimum absolute atomic E-state index is 0.0260. The van der Waals surface area contributed by atoms with Gasteiger partial charge in [-0.1, -0.05) is 18.2 Å². The van der Waals surface area contributed by atoms with Crippen LogP contribution >= 0.6 is 0 Å². The number of ketones is 1. The van der Waals surface area contributed by atoms with Gasteiger partial charge in [0.15, 0.2) is 5.78 Å². The number of ether oxygens (including phenoxy) is 1. The van der Waals surface area contributed by atoms with Gasteiger partial charge in [0.25, 0.3) is 0 Å². The van der Waals surface area contributed by atoms with Gasteiger partial charge >= 0.3 is 0 Å². The third kappa shape index (κ3) is 3.46. The van der Waals surface area contributed by atoms with Gasteiger partial charge in [0, 0.05) is 12.7 Å². The summed E-state index contributed by atoms with van der Waals surface area (Å²) in [5, 5.41) is 0. The highest BCUT2D eigenvalue weighted by atomic mass is 16.5. The number of carbonyl (C=O) groups excluding carboxylic acids is 1. The zero-order valence-electron chi connectivity index (χ0n) is 9.19. The van der Waals surface area contributed by atoms with Crippen LogP contribution in [0.5, 0.6) is 0 Å². The van der Waals surface area contributed by atoms with Gasteiger partial charge in [-0.25, -0.2) is 0 Å². The molecule has 1 aromatic rings. The van der Waals surface area contributed by atoms with Gasteiger partial charge in [-0.05, 0) is 25.0 Å². The molecule has 3 heteroatoms. The van der Waals surface area contributed by atoms with Crippen molar-refractivity contribution in [3.05, 3.63) is 35.4 Å². The lowest BCUT2D eigenvalue weighted by Gasteiger charge is -2.09. The lowest BCUT2D eigenvalue weighted by atomic mass is 10.0. The molecule has 0 aliphatic heterocycles. The van der Waals surface area contributed by atoms with Gasteiger partial charge in [0.05, 0.1) is 12.6 Å². The molecule has 0 heterocycles. The fraction of sp³-hybridized carbons (Fsp3) is 0.417. The molecular formula is C12H17NO2. The van der Waals surface area contributed by atoms with Crippen molar-refractivity contribution >= 4 is 5.78 Å². The van der Waals surface area contributed by atoms with Crippen molar-refractivity contribution in [3.63, 3.8) is 0 Å². The second kappa shape index (κ2) is 5.63. The predicted octanol–water partition coefficient (Wildman–Crippen LogP) is 1.41. The molecule has 0 aliphatic carbocycles. The van der Waals surface area contributed by atoms with Crippen molar-refractivity contribution in [1.82, 2.24) is 0 Å². The summed E-state index contributed by atoms with van der Waals surface area (Å²) in [7, 11) is 1.68. The molecular weight excluding hydrogens is 190 g/mol. The van der Waals surface area contributed by atoms with Gasteiger partial charge in [-0.3, -0.25) is 4.79 Å². The Hall–Kier alpha value is -1.19. The van der Waals surface area contributed by atoms with Crippen molar-refractivity contribution in [2.75, 3.05) is 13.7 Å². The Morgan fingerprint density at radius 1 is 1.53 bits per heavy atom. The largest absolute Gasteiger partial charge is 0.381 e. The van der Waals surface area contributed by atoms with E-state index in [-0.39, 0.29) is 18.4 Å². The third-order valence-electron chi connectivity index (χ3n) is 2.36. The third-order valence-corrected chi connectivity index (χ3v) is 2.36. The van der Waals surface area contributed by atoms with Crippen LogP contribution in [0.25, 0.3) is 0 Å². The van der Waals surface area contributed by atoms with Crippen LogP contribution in [0.2, 0.25) is 0 Å². The van der Waals surface area contributed by atoms with Gasteiger partial charge in [0.2, 0.25) is 0 Å². The van der Waals surface area contributed by atoms with E-state index in [1.807, 2.05) is 25.1 Å². The number of hydrogen-bond acceptors (Lipinski definition) is 3. The number of methoxy groups -OCH3 is 1. The van der Waals surface area contributed by atoms with Gasteiger partial charge in [-0.15, -0.1) is 0 Å². The smallest absolute Gasteiger partial charge is 0.176 e. The molecule has 1 atom stereocenters. The van der Waals surface area contributed by atoms with Crippen molar-refractivity contribution in [2.24, 2.45) is 5.73 Å². The van der Waals surface area contributed by atoms with Gasteiger partial charge in [0.1, 0.15) is 0 Å². The van der Waals surface area contributed by atoms with E-state index in [1.54, 1.807) is 13.2 Å². The molecule has 0 amide bonds. The van der Waals surface area contributed by atoms with Crippen LogP contribution in [0.15, 0.2) is 24.3 Å². The summed E-state index contributed by atoms with van der Waals surface area (Å²) in [6.07, 6.45) is 0.968. The lowest BCUT2D eigenvalue weighted by molar-refractivity contribution is 0.100. The minimum Gasteiger partial charge on any atom is -0.381 e. The Balaban J connectivity index is 2.78. The average Bonchev–Trinajstić information content (AvgIpc) is 2.28. The molecule has 0 spiro atoms. The highest BCUT2D eigenvalue weighted by Crippen LogP contribution is 2.09. The molecule has 0 bridgehead atoms. The summed E-state index contributed by atoms with van der Waals surface area (Å²) in [4.78, 5) is 11.4. The Morgan fingerprint density at radius 2 is 2.27 bits per heavy atom. The molecule has 1 rings (SSSR count). The fourth-order valence-corrected chi connectivity index (χ4v) is 1.40. The van der Waals surface area contributed by atoms with Crippen LogP contribution in [-0.2, 0) is 11.2 Å². The van der Waals surface area contributed by atoms with E-state index in [2.05, 4.69) is 0 Å². The first-order valence-electron chi connectivity index (χ1n) is 5.02. The number of rotatable bonds is 5. The molecule has 1 unspecified atom stereocenters. The SMILES string of the molecule is COC(C)Cc1cccc(C(=O)CN)c1. The van der Waals surface area contributed by atoms with Crippen molar-refractivity contribution in [1.29, 1.82) is 0 Å². The average molecular weight is 207 g/mol. The molecule has 0 saturated carbocycles. The number of carbonyl (C=O) groups is 1. The molecule has 0 aliphatic rings. The van der Waals surface area contributed by atoms with Crippen molar-refractivity contribution < 1.29 is 9.53 Å². The summed E-state index contributed by atoms with van der Waals surface area (Å²) < 4.78 is 5.17. The van der Waals surface area contributed by atoms with E-state index in [0.29, 0.717) is 5.56 Å². The number of benzene rings is 1. The number of hydrogen-bond donors (Lipinski definition) is 1. The number of nitrogens with two attached hydrogens (primary N) is 1. The van der Waals surface area contributed by atoms with Gasteiger partial charge in [-0.2, -0.15) is 0 Å². The first-order valence-corrected chi connectivity index (χ1v) is 5.02. The van der Waals surface area contributed by atoms with E-state index < -0.39 is 0 Å². The number of Topliss-reactive ketones (excluding diaryl/α,β-unsaturated/α-hetero) is 1. The van der Waals surface area contributed by atoms with Crippen LogP contribution in [0.4, 0.5) is 0 Å². The quantitative estimate of drug-likeness (QED) is 0.743. The maximum Gasteiger partial charge on any atom is 0.176 e. The second-order valence-corrected chi connectivity index (χ2v) is 3.58. The molecule has 1 aromatic carbocycles. The minimum atomic E-state index is -0.0260. The molecule has 0 fully saturated rings. The first-order chi connectivity index (χ1) is 7.17. The second-order valence-electron chi connectivity index (χ2n) is 3.58. The summed E-state index contributed by atoms with van der Waals surface area (Å²) in [5.41, 5.74) is 7.09. The molecule has 0 aromatic heterocycles. The summed E-state index contributed by atoms with van der Waals surface area (Å²) >= 11 is 0. The topological polar surface area (TPSA) is 52.3 Å². The maximum absolute atomic E-state index is 11.4. The monoisotopic (exact) mass is 207 g/mol. The first kappa shape index (κ1) is 11.9. The van der Waals surface area contributed by atoms with Crippen LogP contribution in [0.3, 0.4) is 0 Å². The fourth-order valence-electron chi connectivity index (χ4n) is 1.40. The van der Waals surface area contributed by atoms with E-state index in [9.17, 15) is 4.79 Å². The van der Waals surface area contributed by atoms with E-state index in [4.69, 9.17) is 10.5 Å². The molecule has 82 valence electrons. The zero-order valence-corrected chi connectivity index (χ0v) is 9.19. The molecule has 3 nitrogen and oxygen atoms in total. The zero-order chi connectivity index (χ0) is 11.3. The van der Waals surface area contributed by atoms with Crippen LogP contribution in [-0.4, -0.2) is 25.5 Å².